The minimum absolute atomic E-state index is 0.386. The van der Waals surface area contributed by atoms with Gasteiger partial charge in [0.1, 0.15) is 24.6 Å². The number of imidazole rings is 1. The van der Waals surface area contributed by atoms with E-state index >= 15 is 0 Å². The first-order valence-corrected chi connectivity index (χ1v) is 7.98. The number of hydrogen-bond donors (Lipinski definition) is 3. The van der Waals surface area contributed by atoms with Crippen molar-refractivity contribution in [3.8, 4) is 5.82 Å². The van der Waals surface area contributed by atoms with Crippen molar-refractivity contribution in [2.45, 2.75) is 38.4 Å². The molecule has 0 unspecified atom stereocenters. The first-order chi connectivity index (χ1) is 12.0. The predicted octanol–water partition coefficient (Wildman–Crippen LogP) is -0.155. The summed E-state index contributed by atoms with van der Waals surface area (Å²) in [6.07, 6.45) is -1.18. The monoisotopic (exact) mass is 345 g/mol. The van der Waals surface area contributed by atoms with Crippen molar-refractivity contribution in [1.82, 2.24) is 24.1 Å². The van der Waals surface area contributed by atoms with Crippen LogP contribution >= 0.6 is 0 Å². The fraction of sp³-hybridized carbons (Fsp3) is 0.438. The number of hydrogen-bond acceptors (Lipinski definition) is 7. The topological polar surface area (TPSA) is 118 Å². The second kappa shape index (κ2) is 5.88. The number of fused-ring (bicyclic) bond motifs is 1. The molecule has 25 heavy (non-hydrogen) atoms. The van der Waals surface area contributed by atoms with Crippen LogP contribution in [0.25, 0.3) is 17.0 Å². The lowest BCUT2D eigenvalue weighted by Gasteiger charge is -2.16. The van der Waals surface area contributed by atoms with E-state index in [1.807, 2.05) is 30.5 Å². The van der Waals surface area contributed by atoms with E-state index in [1.54, 1.807) is 4.57 Å². The summed E-state index contributed by atoms with van der Waals surface area (Å²) in [5.41, 5.74) is 3.06. The molecule has 1 aliphatic rings. The molecule has 4 rings (SSSR count). The van der Waals surface area contributed by atoms with Gasteiger partial charge in [-0.2, -0.15) is 0 Å². The Kier molecular flexibility index (Phi) is 3.80. The Morgan fingerprint density at radius 2 is 1.80 bits per heavy atom. The van der Waals surface area contributed by atoms with Crippen LogP contribution in [0.2, 0.25) is 0 Å². The van der Waals surface area contributed by atoms with Gasteiger partial charge in [0, 0.05) is 11.4 Å². The maximum atomic E-state index is 10.2. The van der Waals surface area contributed by atoms with Crippen LogP contribution in [-0.2, 0) is 4.74 Å². The maximum absolute atomic E-state index is 10.2. The third kappa shape index (κ3) is 2.35. The van der Waals surface area contributed by atoms with Crippen LogP contribution in [-0.4, -0.2) is 64.3 Å². The number of aliphatic hydroxyl groups excluding tert-OH is 3. The van der Waals surface area contributed by atoms with E-state index in [2.05, 4.69) is 15.0 Å². The van der Waals surface area contributed by atoms with Gasteiger partial charge >= 0.3 is 0 Å². The minimum atomic E-state index is -1.19. The lowest BCUT2D eigenvalue weighted by molar-refractivity contribution is -0.0511. The summed E-state index contributed by atoms with van der Waals surface area (Å²) in [4.78, 5) is 13.0. The molecule has 1 saturated heterocycles. The summed E-state index contributed by atoms with van der Waals surface area (Å²) in [7, 11) is 0. The van der Waals surface area contributed by atoms with Gasteiger partial charge in [-0.1, -0.05) is 0 Å². The van der Waals surface area contributed by atoms with Gasteiger partial charge in [0.25, 0.3) is 0 Å². The number of rotatable bonds is 3. The van der Waals surface area contributed by atoms with Crippen LogP contribution in [0.4, 0.5) is 0 Å². The van der Waals surface area contributed by atoms with Crippen LogP contribution in [0, 0.1) is 13.8 Å². The molecule has 0 radical (unpaired) electrons. The van der Waals surface area contributed by atoms with E-state index in [4.69, 9.17) is 4.74 Å². The van der Waals surface area contributed by atoms with E-state index in [-0.39, 0.29) is 6.61 Å². The molecule has 0 aliphatic carbocycles. The van der Waals surface area contributed by atoms with Crippen LogP contribution < -0.4 is 0 Å². The smallest absolute Gasteiger partial charge is 0.168 e. The highest BCUT2D eigenvalue weighted by Crippen LogP contribution is 2.32. The SMILES string of the molecule is Cc1ccc(C)n1-c1ncnc2c1ncn2[C@@H]1O[C@H](CO)[C@@H](O)[C@H]1O. The summed E-state index contributed by atoms with van der Waals surface area (Å²) in [6, 6.07) is 3.98. The van der Waals surface area contributed by atoms with Gasteiger partial charge in [-0.05, 0) is 26.0 Å². The highest BCUT2D eigenvalue weighted by molar-refractivity contribution is 5.78. The van der Waals surface area contributed by atoms with Crippen LogP contribution in [0.5, 0.6) is 0 Å². The third-order valence-electron chi connectivity index (χ3n) is 4.61. The molecular weight excluding hydrogens is 326 g/mol. The first kappa shape index (κ1) is 16.2. The number of aliphatic hydroxyl groups is 3. The summed E-state index contributed by atoms with van der Waals surface area (Å²) in [5, 5.41) is 29.5. The molecule has 0 bridgehead atoms. The number of nitrogens with zero attached hydrogens (tertiary/aromatic N) is 5. The van der Waals surface area contributed by atoms with Gasteiger partial charge < -0.3 is 24.6 Å². The molecule has 4 atom stereocenters. The average Bonchev–Trinajstić information content (AvgIpc) is 3.26. The van der Waals surface area contributed by atoms with E-state index in [9.17, 15) is 15.3 Å². The molecule has 1 fully saturated rings. The van der Waals surface area contributed by atoms with E-state index < -0.39 is 24.5 Å². The highest BCUT2D eigenvalue weighted by Gasteiger charge is 2.44. The Bertz CT molecular complexity index is 901. The van der Waals surface area contributed by atoms with E-state index in [1.165, 1.54) is 12.7 Å². The quantitative estimate of drug-likeness (QED) is 0.604. The molecular formula is C16H19N5O4. The molecule has 3 aromatic heterocycles. The minimum Gasteiger partial charge on any atom is -0.394 e. The molecule has 9 nitrogen and oxygen atoms in total. The summed E-state index contributed by atoms with van der Waals surface area (Å²) in [5.74, 6) is 0.635. The zero-order chi connectivity index (χ0) is 17.7. The van der Waals surface area contributed by atoms with Crippen molar-refractivity contribution in [2.75, 3.05) is 6.61 Å². The molecule has 132 valence electrons. The third-order valence-corrected chi connectivity index (χ3v) is 4.61. The molecule has 1 aliphatic heterocycles. The molecule has 3 N–H and O–H groups in total. The number of aryl methyl sites for hydroxylation is 2. The van der Waals surface area contributed by atoms with Gasteiger partial charge in [0.15, 0.2) is 23.2 Å². The van der Waals surface area contributed by atoms with Crippen LogP contribution in [0.3, 0.4) is 0 Å². The zero-order valence-corrected chi connectivity index (χ0v) is 13.8. The van der Waals surface area contributed by atoms with Crippen molar-refractivity contribution in [2.24, 2.45) is 0 Å². The van der Waals surface area contributed by atoms with Crippen LogP contribution in [0.15, 0.2) is 24.8 Å². The Balaban J connectivity index is 1.83. The lowest BCUT2D eigenvalue weighted by atomic mass is 10.1. The Morgan fingerprint density at radius 1 is 1.08 bits per heavy atom. The fourth-order valence-corrected chi connectivity index (χ4v) is 3.30. The van der Waals surface area contributed by atoms with Gasteiger partial charge in [0.05, 0.1) is 12.9 Å². The summed E-state index contributed by atoms with van der Waals surface area (Å²) >= 11 is 0. The van der Waals surface area contributed by atoms with E-state index in [0.29, 0.717) is 17.0 Å². The Hall–Kier alpha value is -2.33. The summed E-state index contributed by atoms with van der Waals surface area (Å²) < 4.78 is 9.10. The molecule has 0 spiro atoms. The van der Waals surface area contributed by atoms with Crippen molar-refractivity contribution >= 4 is 11.2 Å². The van der Waals surface area contributed by atoms with Crippen LogP contribution in [0.1, 0.15) is 17.6 Å². The first-order valence-electron chi connectivity index (χ1n) is 7.98. The van der Waals surface area contributed by atoms with Gasteiger partial charge in [-0.25, -0.2) is 15.0 Å². The molecule has 0 amide bonds. The maximum Gasteiger partial charge on any atom is 0.168 e. The standard InChI is InChI=1S/C16H19N5O4/c1-8-3-4-9(2)21(8)15-11-14(17-6-18-15)20(7-19-11)16-13(24)12(23)10(5-22)25-16/h3-4,6-7,10,12-13,16,22-24H,5H2,1-2H3/t10-,12-,13-,16-/m1/s1. The number of aromatic nitrogens is 5. The van der Waals surface area contributed by atoms with Gasteiger partial charge in [0.2, 0.25) is 0 Å². The van der Waals surface area contributed by atoms with Crippen molar-refractivity contribution in [3.05, 3.63) is 36.2 Å². The second-order valence-corrected chi connectivity index (χ2v) is 6.20. The van der Waals surface area contributed by atoms with E-state index in [0.717, 1.165) is 11.4 Å². The average molecular weight is 345 g/mol. The second-order valence-electron chi connectivity index (χ2n) is 6.20. The van der Waals surface area contributed by atoms with Crippen molar-refractivity contribution in [3.63, 3.8) is 0 Å². The van der Waals surface area contributed by atoms with Gasteiger partial charge in [-0.3, -0.25) is 4.57 Å². The zero-order valence-electron chi connectivity index (χ0n) is 13.8. The molecule has 0 aromatic carbocycles. The normalized spacial score (nSPS) is 26.6. The lowest BCUT2D eigenvalue weighted by Crippen LogP contribution is -2.33. The van der Waals surface area contributed by atoms with Crippen molar-refractivity contribution < 1.29 is 20.1 Å². The predicted molar refractivity (Wildman–Crippen MR) is 87.1 cm³/mol. The van der Waals surface area contributed by atoms with Gasteiger partial charge in [-0.15, -0.1) is 0 Å². The molecule has 0 saturated carbocycles. The summed E-state index contributed by atoms with van der Waals surface area (Å²) in [6.45, 7) is 3.57. The van der Waals surface area contributed by atoms with Crippen molar-refractivity contribution in [1.29, 1.82) is 0 Å². The number of ether oxygens (including phenoxy) is 1. The molecule has 4 heterocycles. The molecule has 3 aromatic rings. The molecule has 9 heteroatoms. The Labute approximate surface area is 143 Å². The Morgan fingerprint density at radius 3 is 2.44 bits per heavy atom. The highest BCUT2D eigenvalue weighted by atomic mass is 16.6. The fourth-order valence-electron chi connectivity index (χ4n) is 3.30. The largest absolute Gasteiger partial charge is 0.394 e.